The van der Waals surface area contributed by atoms with Crippen LogP contribution in [0.5, 0.6) is 5.75 Å². The predicted molar refractivity (Wildman–Crippen MR) is 104 cm³/mol. The monoisotopic (exact) mass is 381 g/mol. The fraction of sp³-hybridized carbons (Fsp3) is 0.286. The van der Waals surface area contributed by atoms with Gasteiger partial charge in [0.25, 0.3) is 5.91 Å². The number of aryl methyl sites for hydroxylation is 1. The summed E-state index contributed by atoms with van der Waals surface area (Å²) in [6.07, 6.45) is 0. The Hall–Kier alpha value is -3.35. The summed E-state index contributed by atoms with van der Waals surface area (Å²) < 4.78 is 5.19. The van der Waals surface area contributed by atoms with E-state index in [1.54, 1.807) is 31.2 Å². The molecule has 146 valence electrons. The first-order valence-electron chi connectivity index (χ1n) is 8.95. The van der Waals surface area contributed by atoms with E-state index < -0.39 is 23.4 Å². The molecule has 4 amide bonds. The van der Waals surface area contributed by atoms with Crippen molar-refractivity contribution in [1.82, 2.24) is 15.5 Å². The number of amides is 4. The average Bonchev–Trinajstić information content (AvgIpc) is 2.91. The number of benzene rings is 2. The Labute approximate surface area is 163 Å². The van der Waals surface area contributed by atoms with E-state index in [9.17, 15) is 14.4 Å². The van der Waals surface area contributed by atoms with Gasteiger partial charge in [0.15, 0.2) is 0 Å². The third-order valence-electron chi connectivity index (χ3n) is 4.96. The van der Waals surface area contributed by atoms with Gasteiger partial charge in [0.1, 0.15) is 17.8 Å². The molecular weight excluding hydrogens is 358 g/mol. The molecule has 2 aromatic rings. The number of ether oxygens (including phenoxy) is 1. The van der Waals surface area contributed by atoms with Crippen LogP contribution in [0.3, 0.4) is 0 Å². The van der Waals surface area contributed by atoms with Gasteiger partial charge in [-0.2, -0.15) is 0 Å². The van der Waals surface area contributed by atoms with Gasteiger partial charge in [0, 0.05) is 6.54 Å². The maximum Gasteiger partial charge on any atom is 0.325 e. The molecule has 1 saturated heterocycles. The molecule has 7 nitrogen and oxygen atoms in total. The molecule has 0 unspecified atom stereocenters. The molecule has 0 aliphatic carbocycles. The van der Waals surface area contributed by atoms with Gasteiger partial charge in [-0.1, -0.05) is 36.4 Å². The van der Waals surface area contributed by atoms with E-state index >= 15 is 0 Å². The molecule has 0 saturated carbocycles. The standard InChI is InChI=1S/C21H23N3O4/c1-14-7-4-5-8-15(14)12-22-18(25)13-24-19(26)21(2,23-20(24)27)16-9-6-10-17(11-16)28-3/h4-11H,12-13H2,1-3H3,(H,22,25)(H,23,27)/t21-/m1/s1. The Bertz CT molecular complexity index is 927. The number of hydrogen-bond donors (Lipinski definition) is 2. The van der Waals surface area contributed by atoms with Crippen LogP contribution in [-0.2, 0) is 21.7 Å². The number of nitrogens with one attached hydrogen (secondary N) is 2. The fourth-order valence-corrected chi connectivity index (χ4v) is 3.17. The number of hydrogen-bond acceptors (Lipinski definition) is 4. The summed E-state index contributed by atoms with van der Waals surface area (Å²) in [6.45, 7) is 3.57. The van der Waals surface area contributed by atoms with Crippen molar-refractivity contribution in [2.24, 2.45) is 0 Å². The van der Waals surface area contributed by atoms with Crippen LogP contribution >= 0.6 is 0 Å². The van der Waals surface area contributed by atoms with Crippen LogP contribution in [0.1, 0.15) is 23.6 Å². The number of imide groups is 1. The maximum atomic E-state index is 12.9. The average molecular weight is 381 g/mol. The quantitative estimate of drug-likeness (QED) is 0.750. The Morgan fingerprint density at radius 2 is 1.93 bits per heavy atom. The molecule has 1 atom stereocenters. The number of carbonyl (C=O) groups excluding carboxylic acids is 3. The zero-order valence-electron chi connectivity index (χ0n) is 16.1. The van der Waals surface area contributed by atoms with E-state index in [0.717, 1.165) is 16.0 Å². The first kappa shape index (κ1) is 19.4. The zero-order chi connectivity index (χ0) is 20.3. The van der Waals surface area contributed by atoms with Crippen molar-refractivity contribution in [3.8, 4) is 5.75 Å². The van der Waals surface area contributed by atoms with E-state index in [-0.39, 0.29) is 6.54 Å². The summed E-state index contributed by atoms with van der Waals surface area (Å²) in [5.41, 5.74) is 1.38. The number of methoxy groups -OCH3 is 1. The second-order valence-electron chi connectivity index (χ2n) is 6.88. The Kier molecular flexibility index (Phi) is 5.35. The van der Waals surface area contributed by atoms with Crippen molar-refractivity contribution in [2.45, 2.75) is 25.9 Å². The summed E-state index contributed by atoms with van der Waals surface area (Å²) in [4.78, 5) is 38.6. The van der Waals surface area contributed by atoms with Gasteiger partial charge < -0.3 is 15.4 Å². The third-order valence-corrected chi connectivity index (χ3v) is 4.96. The SMILES string of the molecule is COc1cccc([C@@]2(C)NC(=O)N(CC(=O)NCc3ccccc3C)C2=O)c1. The van der Waals surface area contributed by atoms with Crippen LogP contribution in [0.25, 0.3) is 0 Å². The van der Waals surface area contributed by atoms with E-state index in [2.05, 4.69) is 10.6 Å². The summed E-state index contributed by atoms with van der Waals surface area (Å²) in [5, 5.41) is 5.45. The minimum Gasteiger partial charge on any atom is -0.497 e. The van der Waals surface area contributed by atoms with Crippen molar-refractivity contribution < 1.29 is 19.1 Å². The highest BCUT2D eigenvalue weighted by molar-refractivity contribution is 6.09. The van der Waals surface area contributed by atoms with Gasteiger partial charge in [-0.05, 0) is 42.7 Å². The summed E-state index contributed by atoms with van der Waals surface area (Å²) in [5.74, 6) is -0.298. The highest BCUT2D eigenvalue weighted by Gasteiger charge is 2.49. The number of urea groups is 1. The minimum absolute atomic E-state index is 0.336. The van der Waals surface area contributed by atoms with Crippen molar-refractivity contribution in [3.63, 3.8) is 0 Å². The maximum absolute atomic E-state index is 12.9. The van der Waals surface area contributed by atoms with Gasteiger partial charge in [-0.3, -0.25) is 14.5 Å². The lowest BCUT2D eigenvalue weighted by molar-refractivity contribution is -0.134. The fourth-order valence-electron chi connectivity index (χ4n) is 3.17. The summed E-state index contributed by atoms with van der Waals surface area (Å²) in [6, 6.07) is 14.0. The number of carbonyl (C=O) groups is 3. The minimum atomic E-state index is -1.25. The van der Waals surface area contributed by atoms with Crippen molar-refractivity contribution >= 4 is 17.8 Å². The van der Waals surface area contributed by atoms with Crippen molar-refractivity contribution in [1.29, 1.82) is 0 Å². The molecule has 1 heterocycles. The Morgan fingerprint density at radius 1 is 1.18 bits per heavy atom. The van der Waals surface area contributed by atoms with Crippen LogP contribution in [0, 0.1) is 6.92 Å². The molecule has 28 heavy (non-hydrogen) atoms. The van der Waals surface area contributed by atoms with Crippen LogP contribution in [0.2, 0.25) is 0 Å². The summed E-state index contributed by atoms with van der Waals surface area (Å²) in [7, 11) is 1.53. The molecule has 3 rings (SSSR count). The van der Waals surface area contributed by atoms with E-state index in [1.165, 1.54) is 7.11 Å². The second kappa shape index (κ2) is 7.72. The van der Waals surface area contributed by atoms with Crippen LogP contribution < -0.4 is 15.4 Å². The van der Waals surface area contributed by atoms with Gasteiger partial charge >= 0.3 is 6.03 Å². The molecule has 0 radical (unpaired) electrons. The molecule has 1 aliphatic heterocycles. The molecule has 0 spiro atoms. The van der Waals surface area contributed by atoms with Gasteiger partial charge in [-0.15, -0.1) is 0 Å². The second-order valence-corrected chi connectivity index (χ2v) is 6.88. The molecule has 0 bridgehead atoms. The molecule has 0 aromatic heterocycles. The van der Waals surface area contributed by atoms with E-state index in [4.69, 9.17) is 4.74 Å². The summed E-state index contributed by atoms with van der Waals surface area (Å²) >= 11 is 0. The van der Waals surface area contributed by atoms with Gasteiger partial charge in [0.05, 0.1) is 7.11 Å². The third kappa shape index (κ3) is 3.69. The topological polar surface area (TPSA) is 87.7 Å². The van der Waals surface area contributed by atoms with Crippen molar-refractivity contribution in [3.05, 3.63) is 65.2 Å². The molecule has 7 heteroatoms. The van der Waals surface area contributed by atoms with Crippen LogP contribution in [0.15, 0.2) is 48.5 Å². The molecule has 1 fully saturated rings. The van der Waals surface area contributed by atoms with Gasteiger partial charge in [0.2, 0.25) is 5.91 Å². The van der Waals surface area contributed by atoms with E-state index in [1.807, 2.05) is 31.2 Å². The van der Waals surface area contributed by atoms with E-state index in [0.29, 0.717) is 17.9 Å². The van der Waals surface area contributed by atoms with Gasteiger partial charge in [-0.25, -0.2) is 4.79 Å². The smallest absolute Gasteiger partial charge is 0.325 e. The molecule has 2 N–H and O–H groups in total. The van der Waals surface area contributed by atoms with Crippen molar-refractivity contribution in [2.75, 3.05) is 13.7 Å². The lowest BCUT2D eigenvalue weighted by Gasteiger charge is -2.22. The highest BCUT2D eigenvalue weighted by Crippen LogP contribution is 2.30. The highest BCUT2D eigenvalue weighted by atomic mass is 16.5. The molecule has 2 aromatic carbocycles. The molecule has 1 aliphatic rings. The normalized spacial score (nSPS) is 18.8. The first-order chi connectivity index (χ1) is 13.3. The van der Waals surface area contributed by atoms with Crippen LogP contribution in [-0.4, -0.2) is 36.4 Å². The number of nitrogens with zero attached hydrogens (tertiary/aromatic N) is 1. The zero-order valence-corrected chi connectivity index (χ0v) is 16.1. The Morgan fingerprint density at radius 3 is 2.64 bits per heavy atom. The lowest BCUT2D eigenvalue weighted by atomic mass is 9.92. The lowest BCUT2D eigenvalue weighted by Crippen LogP contribution is -2.43. The number of rotatable bonds is 6. The Balaban J connectivity index is 1.69. The van der Waals surface area contributed by atoms with Crippen LogP contribution in [0.4, 0.5) is 4.79 Å². The predicted octanol–water partition coefficient (Wildman–Crippen LogP) is 2.09. The molecular formula is C21H23N3O4. The first-order valence-corrected chi connectivity index (χ1v) is 8.95. The largest absolute Gasteiger partial charge is 0.497 e.